The van der Waals surface area contributed by atoms with E-state index < -0.39 is 23.1 Å². The number of nitro benzene ring substituents is 1. The molecule has 108 valence electrons. The van der Waals surface area contributed by atoms with Gasteiger partial charge in [-0.15, -0.1) is 12.4 Å². The Hall–Kier alpha value is -1.67. The Labute approximate surface area is 114 Å². The largest absolute Gasteiger partial charge is 0.493 e. The molecule has 1 aromatic carbocycles. The quantitative estimate of drug-likeness (QED) is 0.665. The second-order valence-electron chi connectivity index (χ2n) is 3.38. The molecule has 0 fully saturated rings. The van der Waals surface area contributed by atoms with Crippen LogP contribution in [0.25, 0.3) is 0 Å². The molecule has 0 bridgehead atoms. The molecule has 0 radical (unpaired) electrons. The lowest BCUT2D eigenvalue weighted by atomic mass is 10.0. The molecule has 1 aromatic rings. The zero-order valence-electron chi connectivity index (χ0n) is 10.1. The minimum atomic E-state index is -2.91. The van der Waals surface area contributed by atoms with Gasteiger partial charge in [-0.1, -0.05) is 0 Å². The van der Waals surface area contributed by atoms with Gasteiger partial charge in [-0.3, -0.25) is 10.1 Å². The summed E-state index contributed by atoms with van der Waals surface area (Å²) in [5.74, 6) is 0.184. The number of halogens is 3. The molecular weight excluding hydrogens is 286 g/mol. The normalized spacial score (nSPS) is 11.7. The van der Waals surface area contributed by atoms with E-state index in [0.717, 1.165) is 12.1 Å². The molecule has 0 unspecified atom stereocenters. The van der Waals surface area contributed by atoms with E-state index in [1.54, 1.807) is 0 Å². The molecule has 2 N–H and O–H groups in total. The van der Waals surface area contributed by atoms with Gasteiger partial charge in [-0.2, -0.15) is 0 Å². The Morgan fingerprint density at radius 2 is 1.74 bits per heavy atom. The van der Waals surface area contributed by atoms with Crippen LogP contribution in [0.1, 0.15) is 11.6 Å². The van der Waals surface area contributed by atoms with Gasteiger partial charge >= 0.3 is 0 Å². The summed E-state index contributed by atoms with van der Waals surface area (Å²) in [4.78, 5) is 10.0. The summed E-state index contributed by atoms with van der Waals surface area (Å²) in [5.41, 5.74) is 4.41. The predicted molar refractivity (Wildman–Crippen MR) is 66.4 cm³/mol. The van der Waals surface area contributed by atoms with Gasteiger partial charge in [0.1, 0.15) is 0 Å². The molecular formula is C10H13ClF2N2O4. The van der Waals surface area contributed by atoms with Crippen molar-refractivity contribution in [2.24, 2.45) is 5.73 Å². The summed E-state index contributed by atoms with van der Waals surface area (Å²) in [6.07, 6.45) is -2.91. The topological polar surface area (TPSA) is 87.6 Å². The molecule has 0 amide bonds. The third kappa shape index (κ3) is 3.65. The van der Waals surface area contributed by atoms with Gasteiger partial charge < -0.3 is 15.2 Å². The minimum absolute atomic E-state index is 0. The fourth-order valence-electron chi connectivity index (χ4n) is 1.44. The number of nitrogens with zero attached hydrogens (tertiary/aromatic N) is 1. The lowest BCUT2D eigenvalue weighted by molar-refractivity contribution is -0.386. The zero-order valence-corrected chi connectivity index (χ0v) is 10.9. The van der Waals surface area contributed by atoms with E-state index in [0.29, 0.717) is 0 Å². The maximum Gasteiger partial charge on any atom is 0.278 e. The Morgan fingerprint density at radius 1 is 1.26 bits per heavy atom. The Balaban J connectivity index is 0.00000324. The van der Waals surface area contributed by atoms with E-state index in [1.165, 1.54) is 14.2 Å². The highest BCUT2D eigenvalue weighted by atomic mass is 35.5. The third-order valence-corrected chi connectivity index (χ3v) is 2.36. The average molecular weight is 299 g/mol. The van der Waals surface area contributed by atoms with Crippen LogP contribution in [0.2, 0.25) is 0 Å². The van der Waals surface area contributed by atoms with Crippen molar-refractivity contribution < 1.29 is 23.2 Å². The molecule has 1 rings (SSSR count). The number of nitrogens with two attached hydrogens (primary N) is 1. The van der Waals surface area contributed by atoms with Crippen LogP contribution in [-0.4, -0.2) is 25.6 Å². The number of nitro groups is 1. The second kappa shape index (κ2) is 7.05. The van der Waals surface area contributed by atoms with Gasteiger partial charge in [0.25, 0.3) is 12.1 Å². The first-order chi connectivity index (χ1) is 8.42. The van der Waals surface area contributed by atoms with Crippen molar-refractivity contribution in [3.8, 4) is 11.5 Å². The highest BCUT2D eigenvalue weighted by Gasteiger charge is 2.28. The van der Waals surface area contributed by atoms with Crippen molar-refractivity contribution in [2.75, 3.05) is 14.2 Å². The third-order valence-electron chi connectivity index (χ3n) is 2.36. The highest BCUT2D eigenvalue weighted by molar-refractivity contribution is 5.85. The number of benzene rings is 1. The Morgan fingerprint density at radius 3 is 2.11 bits per heavy atom. The van der Waals surface area contributed by atoms with E-state index in [2.05, 4.69) is 0 Å². The summed E-state index contributed by atoms with van der Waals surface area (Å²) in [6, 6.07) is 0.342. The van der Waals surface area contributed by atoms with Crippen LogP contribution < -0.4 is 15.2 Å². The monoisotopic (exact) mass is 298 g/mol. The summed E-state index contributed by atoms with van der Waals surface area (Å²) < 4.78 is 34.9. The van der Waals surface area contributed by atoms with Crippen molar-refractivity contribution >= 4 is 18.1 Å². The second-order valence-corrected chi connectivity index (χ2v) is 3.38. The van der Waals surface area contributed by atoms with E-state index in [4.69, 9.17) is 15.2 Å². The molecule has 0 saturated carbocycles. The van der Waals surface area contributed by atoms with E-state index >= 15 is 0 Å². The predicted octanol–water partition coefficient (Wildman–Crippen LogP) is 2.30. The molecule has 0 saturated heterocycles. The number of ether oxygens (including phenoxy) is 2. The van der Waals surface area contributed by atoms with Gasteiger partial charge in [-0.25, -0.2) is 8.78 Å². The maximum absolute atomic E-state index is 12.6. The molecule has 6 nitrogen and oxygen atoms in total. The smallest absolute Gasteiger partial charge is 0.278 e. The van der Waals surface area contributed by atoms with Crippen LogP contribution in [0.15, 0.2) is 12.1 Å². The summed E-state index contributed by atoms with van der Waals surface area (Å²) in [7, 11) is 2.58. The molecule has 0 aliphatic rings. The van der Waals surface area contributed by atoms with Gasteiger partial charge in [-0.05, 0) is 6.07 Å². The first kappa shape index (κ1) is 17.3. The fraction of sp³-hybridized carbons (Fsp3) is 0.400. The van der Waals surface area contributed by atoms with Gasteiger partial charge in [0, 0.05) is 0 Å². The van der Waals surface area contributed by atoms with Crippen LogP contribution in [0.5, 0.6) is 11.5 Å². The van der Waals surface area contributed by atoms with Crippen LogP contribution in [0.3, 0.4) is 0 Å². The number of methoxy groups -OCH3 is 2. The molecule has 1 atom stereocenters. The average Bonchev–Trinajstić information content (AvgIpc) is 2.35. The fourth-order valence-corrected chi connectivity index (χ4v) is 1.44. The standard InChI is InChI=1S/C10H12F2N2O4.ClH/c1-17-7-3-5(9(13)10(11)12)6(14(15)16)4-8(7)18-2;/h3-4,9-10H,13H2,1-2H3;1H/t9-;/m1./s1. The highest BCUT2D eigenvalue weighted by Crippen LogP contribution is 2.37. The Bertz CT molecular complexity index is 459. The molecule has 19 heavy (non-hydrogen) atoms. The van der Waals surface area contributed by atoms with Crippen molar-refractivity contribution in [1.82, 2.24) is 0 Å². The van der Waals surface area contributed by atoms with Crippen molar-refractivity contribution in [1.29, 1.82) is 0 Å². The minimum Gasteiger partial charge on any atom is -0.493 e. The molecule has 0 aromatic heterocycles. The van der Waals surface area contributed by atoms with E-state index in [9.17, 15) is 18.9 Å². The summed E-state index contributed by atoms with van der Waals surface area (Å²) in [5, 5.41) is 10.8. The Kier molecular flexibility index (Phi) is 6.43. The molecule has 0 aliphatic heterocycles. The molecule has 0 aliphatic carbocycles. The van der Waals surface area contributed by atoms with Crippen molar-refractivity contribution in [3.63, 3.8) is 0 Å². The maximum atomic E-state index is 12.6. The first-order valence-corrected chi connectivity index (χ1v) is 4.86. The lowest BCUT2D eigenvalue weighted by Gasteiger charge is -2.14. The number of hydrogen-bond donors (Lipinski definition) is 1. The SMILES string of the molecule is COc1cc([C@@H](N)C(F)F)c([N+](=O)[O-])cc1OC.Cl. The molecule has 0 spiro atoms. The molecule has 9 heteroatoms. The van der Waals surface area contributed by atoms with Crippen LogP contribution >= 0.6 is 12.4 Å². The van der Waals surface area contributed by atoms with Gasteiger partial charge in [0.05, 0.1) is 36.8 Å². The number of rotatable bonds is 5. The van der Waals surface area contributed by atoms with Crippen LogP contribution in [0.4, 0.5) is 14.5 Å². The van der Waals surface area contributed by atoms with Crippen LogP contribution in [0, 0.1) is 10.1 Å². The zero-order chi connectivity index (χ0) is 13.9. The van der Waals surface area contributed by atoms with Gasteiger partial charge in [0.15, 0.2) is 11.5 Å². The lowest BCUT2D eigenvalue weighted by Crippen LogP contribution is -2.20. The van der Waals surface area contributed by atoms with E-state index in [-0.39, 0.29) is 29.5 Å². The summed E-state index contributed by atoms with van der Waals surface area (Å²) >= 11 is 0. The first-order valence-electron chi connectivity index (χ1n) is 4.86. The molecule has 0 heterocycles. The van der Waals surface area contributed by atoms with Gasteiger partial charge in [0.2, 0.25) is 0 Å². The number of alkyl halides is 2. The summed E-state index contributed by atoms with van der Waals surface area (Å²) in [6.45, 7) is 0. The van der Waals surface area contributed by atoms with E-state index in [1.807, 2.05) is 0 Å². The van der Waals surface area contributed by atoms with Crippen LogP contribution in [-0.2, 0) is 0 Å². The number of hydrogen-bond acceptors (Lipinski definition) is 5. The van der Waals surface area contributed by atoms with Crippen molar-refractivity contribution in [3.05, 3.63) is 27.8 Å². The van der Waals surface area contributed by atoms with Crippen molar-refractivity contribution in [2.45, 2.75) is 12.5 Å².